The highest BCUT2D eigenvalue weighted by Gasteiger charge is 2.30. The summed E-state index contributed by atoms with van der Waals surface area (Å²) >= 11 is 0. The van der Waals surface area contributed by atoms with E-state index in [1.807, 2.05) is 0 Å². The minimum Gasteiger partial charge on any atom is -0.117 e. The second kappa shape index (κ2) is 15.3. The number of hydrogen-bond donors (Lipinski definition) is 0. The van der Waals surface area contributed by atoms with E-state index >= 15 is 0 Å². The summed E-state index contributed by atoms with van der Waals surface area (Å²) in [5.41, 5.74) is 9.49. The molecule has 2 heteroatoms. The van der Waals surface area contributed by atoms with E-state index in [1.54, 1.807) is 0 Å². The zero-order valence-corrected chi connectivity index (χ0v) is 26.2. The topological polar surface area (TPSA) is 0 Å². The van der Waals surface area contributed by atoms with Gasteiger partial charge in [-0.25, -0.2) is 0 Å². The Morgan fingerprint density at radius 2 is 0.814 bits per heavy atom. The fourth-order valence-corrected chi connectivity index (χ4v) is 6.43. The van der Waals surface area contributed by atoms with Crippen LogP contribution in [0.1, 0.15) is 42.0 Å². The lowest BCUT2D eigenvalue weighted by Crippen LogP contribution is -2.53. The van der Waals surface area contributed by atoms with Crippen LogP contribution in [-0.2, 0) is 11.6 Å². The summed E-state index contributed by atoms with van der Waals surface area (Å²) in [7, 11) is 3.06. The minimum absolute atomic E-state index is 0.205. The predicted octanol–water partition coefficient (Wildman–Crippen LogP) is 8.40. The third-order valence-corrected chi connectivity index (χ3v) is 9.12. The summed E-state index contributed by atoms with van der Waals surface area (Å²) in [5, 5.41) is -0.205. The van der Waals surface area contributed by atoms with Crippen LogP contribution >= 0.6 is 9.24 Å². The summed E-state index contributed by atoms with van der Waals surface area (Å²) < 4.78 is 0. The SMILES string of the molecule is CCCCc1ccccc1B(c1ccccc1)c1ccccc1.PC(c1ccccc1)(c1ccccc1)c1ccccc1. The molecule has 0 spiro atoms. The number of aryl methyl sites for hydroxylation is 1. The summed E-state index contributed by atoms with van der Waals surface area (Å²) in [6.45, 7) is 2.57. The molecular formula is C41H40BP. The summed E-state index contributed by atoms with van der Waals surface area (Å²) in [5.74, 6) is 0. The van der Waals surface area contributed by atoms with Gasteiger partial charge >= 0.3 is 0 Å². The van der Waals surface area contributed by atoms with Crippen LogP contribution in [0.2, 0.25) is 0 Å². The molecule has 1 atom stereocenters. The Bertz CT molecular complexity index is 1500. The number of unbranched alkanes of at least 4 members (excludes halogenated alkanes) is 1. The second-order valence-corrected chi connectivity index (χ2v) is 11.8. The van der Waals surface area contributed by atoms with Crippen molar-refractivity contribution in [3.8, 4) is 0 Å². The molecule has 0 nitrogen and oxygen atoms in total. The normalized spacial score (nSPS) is 10.8. The molecule has 0 radical (unpaired) electrons. The van der Waals surface area contributed by atoms with Gasteiger partial charge in [0.05, 0.1) is 5.16 Å². The van der Waals surface area contributed by atoms with Crippen molar-refractivity contribution in [2.45, 2.75) is 31.3 Å². The molecule has 212 valence electrons. The maximum atomic E-state index is 3.06. The first kappa shape index (κ1) is 30.3. The third kappa shape index (κ3) is 7.43. The van der Waals surface area contributed by atoms with E-state index in [1.165, 1.54) is 51.5 Å². The molecule has 0 aromatic heterocycles. The summed E-state index contributed by atoms with van der Waals surface area (Å²) in [4.78, 5) is 0. The lowest BCUT2D eigenvalue weighted by Gasteiger charge is -2.31. The number of rotatable bonds is 9. The van der Waals surface area contributed by atoms with Crippen molar-refractivity contribution in [3.05, 3.63) is 198 Å². The first-order valence-corrected chi connectivity index (χ1v) is 15.9. The average molecular weight is 575 g/mol. The lowest BCUT2D eigenvalue weighted by molar-refractivity contribution is 0.798. The first-order valence-electron chi connectivity index (χ1n) is 15.3. The highest BCUT2D eigenvalue weighted by Crippen LogP contribution is 2.44. The van der Waals surface area contributed by atoms with Crippen LogP contribution in [0.3, 0.4) is 0 Å². The zero-order valence-electron chi connectivity index (χ0n) is 25.0. The smallest absolute Gasteiger partial charge is 0.117 e. The summed E-state index contributed by atoms with van der Waals surface area (Å²) in [6.07, 6.45) is 3.63. The molecule has 0 aliphatic rings. The van der Waals surface area contributed by atoms with Gasteiger partial charge in [-0.05, 0) is 29.5 Å². The van der Waals surface area contributed by atoms with Gasteiger partial charge < -0.3 is 0 Å². The Labute approximate surface area is 261 Å². The largest absolute Gasteiger partial charge is 0.241 e. The van der Waals surface area contributed by atoms with Crippen LogP contribution in [-0.4, -0.2) is 6.71 Å². The monoisotopic (exact) mass is 574 g/mol. The van der Waals surface area contributed by atoms with E-state index in [-0.39, 0.29) is 5.16 Å². The van der Waals surface area contributed by atoms with Crippen LogP contribution in [0, 0.1) is 0 Å². The van der Waals surface area contributed by atoms with E-state index in [2.05, 4.69) is 192 Å². The Morgan fingerprint density at radius 1 is 0.465 bits per heavy atom. The standard InChI is InChI=1S/C22H23B.C19H17P/c1-2-3-12-19-13-10-11-18-22(19)23(20-14-6-4-7-15-20)21-16-8-5-9-17-21;20-19(16-10-4-1-5-11-16,17-12-6-2-7-13-17)18-14-8-3-9-15-18/h4-11,13-18H,2-3,12H2,1H3;1-15H,20H2. The quantitative estimate of drug-likeness (QED) is 0.0925. The van der Waals surface area contributed by atoms with Gasteiger partial charge in [-0.1, -0.05) is 211 Å². The Balaban J connectivity index is 0.000000173. The Morgan fingerprint density at radius 3 is 1.21 bits per heavy atom. The van der Waals surface area contributed by atoms with Gasteiger partial charge in [0.25, 0.3) is 0 Å². The fourth-order valence-electron chi connectivity index (χ4n) is 5.86. The first-order chi connectivity index (χ1) is 21.2. The molecule has 6 aromatic carbocycles. The van der Waals surface area contributed by atoms with Gasteiger partial charge in [-0.2, -0.15) is 0 Å². The van der Waals surface area contributed by atoms with Crippen molar-refractivity contribution < 1.29 is 0 Å². The minimum atomic E-state index is -0.205. The highest BCUT2D eigenvalue weighted by atomic mass is 31.0. The Kier molecular flexibility index (Phi) is 10.8. The van der Waals surface area contributed by atoms with Crippen LogP contribution in [0.5, 0.6) is 0 Å². The van der Waals surface area contributed by atoms with Crippen LogP contribution in [0.25, 0.3) is 0 Å². The van der Waals surface area contributed by atoms with Crippen molar-refractivity contribution in [3.63, 3.8) is 0 Å². The van der Waals surface area contributed by atoms with E-state index in [9.17, 15) is 0 Å². The molecule has 6 aromatic rings. The van der Waals surface area contributed by atoms with Crippen molar-refractivity contribution in [2.75, 3.05) is 0 Å². The van der Waals surface area contributed by atoms with E-state index in [0.717, 1.165) is 6.42 Å². The van der Waals surface area contributed by atoms with Gasteiger partial charge in [0, 0.05) is 0 Å². The Hall–Kier alpha value is -4.19. The molecular weight excluding hydrogens is 534 g/mol. The van der Waals surface area contributed by atoms with Gasteiger partial charge in [0.15, 0.2) is 0 Å². The highest BCUT2D eigenvalue weighted by molar-refractivity contribution is 7.19. The molecule has 0 aliphatic carbocycles. The van der Waals surface area contributed by atoms with Gasteiger partial charge in [0.2, 0.25) is 6.71 Å². The van der Waals surface area contributed by atoms with Crippen molar-refractivity contribution in [1.29, 1.82) is 0 Å². The maximum Gasteiger partial charge on any atom is 0.241 e. The molecule has 1 unspecified atom stereocenters. The average Bonchev–Trinajstić information content (AvgIpc) is 3.10. The second-order valence-electron chi connectivity index (χ2n) is 11.0. The molecule has 0 aliphatic heterocycles. The molecule has 0 fully saturated rings. The molecule has 0 amide bonds. The van der Waals surface area contributed by atoms with Crippen LogP contribution in [0.15, 0.2) is 176 Å². The molecule has 6 rings (SSSR count). The molecule has 0 N–H and O–H groups in total. The maximum absolute atomic E-state index is 3.06. The van der Waals surface area contributed by atoms with E-state index < -0.39 is 0 Å². The van der Waals surface area contributed by atoms with Crippen LogP contribution in [0.4, 0.5) is 0 Å². The van der Waals surface area contributed by atoms with Gasteiger partial charge in [-0.3, -0.25) is 0 Å². The number of hydrogen-bond acceptors (Lipinski definition) is 0. The van der Waals surface area contributed by atoms with Crippen molar-refractivity contribution in [2.24, 2.45) is 0 Å². The molecule has 0 saturated carbocycles. The fraction of sp³-hybridized carbons (Fsp3) is 0.122. The zero-order chi connectivity index (χ0) is 29.7. The van der Waals surface area contributed by atoms with Gasteiger partial charge in [-0.15, -0.1) is 9.24 Å². The van der Waals surface area contributed by atoms with E-state index in [0.29, 0.717) is 6.71 Å². The van der Waals surface area contributed by atoms with Crippen LogP contribution < -0.4 is 16.4 Å². The van der Waals surface area contributed by atoms with E-state index in [4.69, 9.17) is 0 Å². The third-order valence-electron chi connectivity index (χ3n) is 8.12. The molecule has 0 saturated heterocycles. The predicted molar refractivity (Wildman–Crippen MR) is 192 cm³/mol. The number of benzene rings is 6. The molecule has 0 bridgehead atoms. The lowest BCUT2D eigenvalue weighted by atomic mass is 9.36. The molecule has 43 heavy (non-hydrogen) atoms. The van der Waals surface area contributed by atoms with Crippen molar-refractivity contribution in [1.82, 2.24) is 0 Å². The summed E-state index contributed by atoms with van der Waals surface area (Å²) in [6, 6.07) is 62.5. The van der Waals surface area contributed by atoms with Gasteiger partial charge in [0.1, 0.15) is 0 Å². The van der Waals surface area contributed by atoms with Crippen molar-refractivity contribution >= 4 is 32.3 Å². The molecule has 0 heterocycles.